The van der Waals surface area contributed by atoms with Gasteiger partial charge in [-0.25, -0.2) is 9.97 Å². The van der Waals surface area contributed by atoms with Gasteiger partial charge in [-0.05, 0) is 38.9 Å². The van der Waals surface area contributed by atoms with Crippen LogP contribution in [0.2, 0.25) is 0 Å². The van der Waals surface area contributed by atoms with E-state index in [1.54, 1.807) is 0 Å². The lowest BCUT2D eigenvalue weighted by molar-refractivity contribution is 0.260. The van der Waals surface area contributed by atoms with E-state index in [1.807, 2.05) is 18.5 Å². The predicted octanol–water partition coefficient (Wildman–Crippen LogP) is 3.03. The fraction of sp³-hybridized carbons (Fsp3) is 0.474. The van der Waals surface area contributed by atoms with Gasteiger partial charge < -0.3 is 5.32 Å². The molecule has 1 aromatic heterocycles. The minimum atomic E-state index is 0.687. The van der Waals surface area contributed by atoms with Crippen molar-refractivity contribution in [3.05, 3.63) is 47.8 Å². The number of hydrogen-bond donors (Lipinski definition) is 1. The second-order valence-corrected chi connectivity index (χ2v) is 6.34. The van der Waals surface area contributed by atoms with Gasteiger partial charge in [0.1, 0.15) is 0 Å². The molecule has 4 nitrogen and oxygen atoms in total. The van der Waals surface area contributed by atoms with Gasteiger partial charge >= 0.3 is 0 Å². The molecule has 1 aliphatic rings. The van der Waals surface area contributed by atoms with E-state index in [-0.39, 0.29) is 0 Å². The van der Waals surface area contributed by atoms with Crippen LogP contribution in [0.25, 0.3) is 11.4 Å². The molecule has 4 heteroatoms. The third-order valence-electron chi connectivity index (χ3n) is 4.60. The third kappa shape index (κ3) is 4.15. The lowest BCUT2D eigenvalue weighted by Crippen LogP contribution is -2.37. The molecule has 1 unspecified atom stereocenters. The van der Waals surface area contributed by atoms with E-state index in [0.717, 1.165) is 36.6 Å². The van der Waals surface area contributed by atoms with Crippen LogP contribution in [0, 0.1) is 6.92 Å². The summed E-state index contributed by atoms with van der Waals surface area (Å²) in [6, 6.07) is 8.99. The Hall–Kier alpha value is -1.78. The Morgan fingerprint density at radius 3 is 2.83 bits per heavy atom. The maximum Gasteiger partial charge on any atom is 0.159 e. The van der Waals surface area contributed by atoms with Crippen molar-refractivity contribution in [3.8, 4) is 11.4 Å². The highest BCUT2D eigenvalue weighted by Crippen LogP contribution is 2.17. The van der Waals surface area contributed by atoms with E-state index in [4.69, 9.17) is 0 Å². The van der Waals surface area contributed by atoms with Crippen molar-refractivity contribution in [1.29, 1.82) is 0 Å². The number of rotatable bonds is 6. The highest BCUT2D eigenvalue weighted by Gasteiger charge is 2.21. The summed E-state index contributed by atoms with van der Waals surface area (Å²) in [6.45, 7) is 8.62. The normalized spacial score (nSPS) is 18.4. The van der Waals surface area contributed by atoms with Crippen LogP contribution in [0.4, 0.5) is 0 Å². The van der Waals surface area contributed by atoms with Crippen molar-refractivity contribution in [2.75, 3.05) is 19.6 Å². The summed E-state index contributed by atoms with van der Waals surface area (Å²) in [6.07, 6.45) is 6.51. The molecule has 1 aliphatic heterocycles. The van der Waals surface area contributed by atoms with Crippen molar-refractivity contribution in [3.63, 3.8) is 0 Å². The van der Waals surface area contributed by atoms with Crippen molar-refractivity contribution >= 4 is 0 Å². The van der Waals surface area contributed by atoms with Gasteiger partial charge in [-0.1, -0.05) is 30.7 Å². The molecule has 3 rings (SSSR count). The Bertz CT molecular complexity index is 624. The van der Waals surface area contributed by atoms with E-state index in [0.29, 0.717) is 6.04 Å². The first-order chi connectivity index (χ1) is 11.3. The molecule has 1 N–H and O–H groups in total. The molecule has 0 spiro atoms. The van der Waals surface area contributed by atoms with Gasteiger partial charge in [0, 0.05) is 42.7 Å². The SMILES string of the molecule is CCN1CCCC1CNCc1cnc(-c2cccc(C)c2)nc1. The molecule has 1 aromatic carbocycles. The summed E-state index contributed by atoms with van der Waals surface area (Å²) >= 11 is 0. The first kappa shape index (κ1) is 16.1. The molecule has 122 valence electrons. The Balaban J connectivity index is 1.53. The maximum atomic E-state index is 4.51. The zero-order valence-corrected chi connectivity index (χ0v) is 14.1. The Labute approximate surface area is 139 Å². The third-order valence-corrected chi connectivity index (χ3v) is 4.60. The van der Waals surface area contributed by atoms with Gasteiger partial charge in [0.25, 0.3) is 0 Å². The zero-order valence-electron chi connectivity index (χ0n) is 14.1. The van der Waals surface area contributed by atoms with Gasteiger partial charge in [-0.2, -0.15) is 0 Å². The number of nitrogens with zero attached hydrogens (tertiary/aromatic N) is 3. The number of hydrogen-bond acceptors (Lipinski definition) is 4. The molecule has 2 heterocycles. The molecular formula is C19H26N4. The number of aromatic nitrogens is 2. The number of aryl methyl sites for hydroxylation is 1. The van der Waals surface area contributed by atoms with Gasteiger partial charge in [-0.3, -0.25) is 4.90 Å². The highest BCUT2D eigenvalue weighted by atomic mass is 15.2. The lowest BCUT2D eigenvalue weighted by Gasteiger charge is -2.22. The Morgan fingerprint density at radius 2 is 2.09 bits per heavy atom. The molecule has 1 saturated heterocycles. The first-order valence-electron chi connectivity index (χ1n) is 8.59. The average Bonchev–Trinajstić information content (AvgIpc) is 3.03. The predicted molar refractivity (Wildman–Crippen MR) is 94.2 cm³/mol. The van der Waals surface area contributed by atoms with Gasteiger partial charge in [0.05, 0.1) is 0 Å². The monoisotopic (exact) mass is 310 g/mol. The van der Waals surface area contributed by atoms with Crippen molar-refractivity contribution in [2.45, 2.75) is 39.3 Å². The fourth-order valence-corrected chi connectivity index (χ4v) is 3.31. The van der Waals surface area contributed by atoms with E-state index in [9.17, 15) is 0 Å². The van der Waals surface area contributed by atoms with Crippen LogP contribution in [0.15, 0.2) is 36.7 Å². The van der Waals surface area contributed by atoms with Crippen LogP contribution in [-0.4, -0.2) is 40.5 Å². The van der Waals surface area contributed by atoms with Crippen LogP contribution >= 0.6 is 0 Å². The first-order valence-corrected chi connectivity index (χ1v) is 8.59. The van der Waals surface area contributed by atoms with Crippen LogP contribution in [0.1, 0.15) is 30.9 Å². The fourth-order valence-electron chi connectivity index (χ4n) is 3.31. The van der Waals surface area contributed by atoms with Crippen LogP contribution < -0.4 is 5.32 Å². The average molecular weight is 310 g/mol. The molecular weight excluding hydrogens is 284 g/mol. The molecule has 23 heavy (non-hydrogen) atoms. The largest absolute Gasteiger partial charge is 0.311 e. The lowest BCUT2D eigenvalue weighted by atomic mass is 10.1. The molecule has 1 atom stereocenters. The highest BCUT2D eigenvalue weighted by molar-refractivity contribution is 5.55. The smallest absolute Gasteiger partial charge is 0.159 e. The number of likely N-dealkylation sites (tertiary alicyclic amines) is 1. The second kappa shape index (κ2) is 7.66. The zero-order chi connectivity index (χ0) is 16.1. The van der Waals surface area contributed by atoms with Crippen LogP contribution in [0.3, 0.4) is 0 Å². The van der Waals surface area contributed by atoms with Crippen LogP contribution in [0.5, 0.6) is 0 Å². The quantitative estimate of drug-likeness (QED) is 0.890. The van der Waals surface area contributed by atoms with Gasteiger partial charge in [-0.15, -0.1) is 0 Å². The molecule has 0 saturated carbocycles. The molecule has 0 radical (unpaired) electrons. The topological polar surface area (TPSA) is 41.0 Å². The van der Waals surface area contributed by atoms with E-state index < -0.39 is 0 Å². The summed E-state index contributed by atoms with van der Waals surface area (Å²) < 4.78 is 0. The summed E-state index contributed by atoms with van der Waals surface area (Å²) in [5, 5.41) is 3.55. The number of benzene rings is 1. The van der Waals surface area contributed by atoms with Crippen molar-refractivity contribution in [1.82, 2.24) is 20.2 Å². The van der Waals surface area contributed by atoms with Crippen molar-refractivity contribution < 1.29 is 0 Å². The summed E-state index contributed by atoms with van der Waals surface area (Å²) in [7, 11) is 0. The van der Waals surface area contributed by atoms with Crippen LogP contribution in [-0.2, 0) is 6.54 Å². The maximum absolute atomic E-state index is 4.51. The molecule has 2 aromatic rings. The van der Waals surface area contributed by atoms with Gasteiger partial charge in [0.15, 0.2) is 5.82 Å². The van der Waals surface area contributed by atoms with E-state index >= 15 is 0 Å². The minimum Gasteiger partial charge on any atom is -0.311 e. The molecule has 0 amide bonds. The van der Waals surface area contributed by atoms with Gasteiger partial charge in [0.2, 0.25) is 0 Å². The Kier molecular flexibility index (Phi) is 5.36. The molecule has 0 aliphatic carbocycles. The number of likely N-dealkylation sites (N-methyl/N-ethyl adjacent to an activating group) is 1. The van der Waals surface area contributed by atoms with E-state index in [1.165, 1.54) is 24.9 Å². The van der Waals surface area contributed by atoms with Crippen molar-refractivity contribution in [2.24, 2.45) is 0 Å². The second-order valence-electron chi connectivity index (χ2n) is 6.34. The van der Waals surface area contributed by atoms with E-state index in [2.05, 4.69) is 52.2 Å². The Morgan fingerprint density at radius 1 is 1.26 bits per heavy atom. The summed E-state index contributed by atoms with van der Waals surface area (Å²) in [4.78, 5) is 11.6. The summed E-state index contributed by atoms with van der Waals surface area (Å²) in [5.41, 5.74) is 3.45. The molecule has 0 bridgehead atoms. The number of nitrogens with one attached hydrogen (secondary N) is 1. The minimum absolute atomic E-state index is 0.687. The molecule has 1 fully saturated rings. The standard InChI is InChI=1S/C19H26N4/c1-3-23-9-5-8-18(23)14-20-11-16-12-21-19(22-13-16)17-7-4-6-15(2)10-17/h4,6-7,10,12-13,18,20H,3,5,8-9,11,14H2,1-2H3. The summed E-state index contributed by atoms with van der Waals surface area (Å²) in [5.74, 6) is 0.797.